The molecule has 0 spiro atoms. The lowest BCUT2D eigenvalue weighted by atomic mass is 9.99. The highest BCUT2D eigenvalue weighted by Gasteiger charge is 2.54. The molecule has 4 aromatic rings. The Morgan fingerprint density at radius 2 is 1.98 bits per heavy atom. The number of anilines is 2. The van der Waals surface area contributed by atoms with Crippen molar-refractivity contribution >= 4 is 70.8 Å². The third-order valence-electron chi connectivity index (χ3n) is 7.94. The molecule has 18 nitrogen and oxygen atoms in total. The molecule has 48 heavy (non-hydrogen) atoms. The van der Waals surface area contributed by atoms with E-state index in [1.165, 1.54) is 9.13 Å². The maximum absolute atomic E-state index is 16.0. The number of imidazole rings is 1. The molecule has 7 rings (SSSR count). The molecule has 3 saturated heterocycles. The fourth-order valence-corrected chi connectivity index (χ4v) is 8.77. The molecule has 24 heteroatoms. The van der Waals surface area contributed by atoms with Crippen LogP contribution in [0.2, 0.25) is 0 Å². The fourth-order valence-electron chi connectivity index (χ4n) is 5.79. The molecule has 7 N–H and O–H groups in total. The number of rotatable bonds is 2. The predicted molar refractivity (Wildman–Crippen MR) is 169 cm³/mol. The van der Waals surface area contributed by atoms with Crippen molar-refractivity contribution in [3.05, 3.63) is 35.0 Å². The van der Waals surface area contributed by atoms with Gasteiger partial charge in [-0.3, -0.25) is 18.9 Å². The van der Waals surface area contributed by atoms with Gasteiger partial charge in [-0.1, -0.05) is 5.92 Å². The van der Waals surface area contributed by atoms with E-state index in [2.05, 4.69) is 30.8 Å². The Balaban J connectivity index is 1.24. The molecular formula is C24H25F2N9O9P2S2. The minimum absolute atomic E-state index is 0.0629. The molecule has 9 atom stereocenters. The molecule has 3 fully saturated rings. The van der Waals surface area contributed by atoms with Gasteiger partial charge in [0, 0.05) is 12.6 Å². The minimum Gasteiger partial charge on any atom is -0.383 e. The molecule has 3 aliphatic rings. The van der Waals surface area contributed by atoms with Crippen LogP contribution in [0.4, 0.5) is 20.5 Å². The average molecular weight is 748 g/mol. The number of fused-ring (bicyclic) bond motifs is 5. The van der Waals surface area contributed by atoms with E-state index in [0.717, 1.165) is 18.9 Å². The van der Waals surface area contributed by atoms with Crippen LogP contribution in [-0.2, 0) is 51.4 Å². The standard InChI is InChI=1S/C24H25F2N9O9P2S2/c1-2-24-6-40-46(38,48)44-17-15(26)11(41-22(17)35-8-31-16-20(35)32-23(28)33-21(16)36)5-39-9-45(37,47)43-12(24)3-13(42-24)34-4-10(25)14-18(27)29-7-30-19(14)34/h1,4,7-8,11-13,15,17,22H,3,5-6,9H2,(H,37,47)(H,38,48)(H2,27,29,30)(H3,28,32,33,36)/t11-,12+,13-,15-,17-,22-,24-,45?,46?/m1/s1. The van der Waals surface area contributed by atoms with E-state index in [4.69, 9.17) is 69.3 Å². The zero-order chi connectivity index (χ0) is 34.2. The van der Waals surface area contributed by atoms with E-state index in [1.807, 2.05) is 0 Å². The molecule has 0 aromatic carbocycles. The van der Waals surface area contributed by atoms with Gasteiger partial charge in [0.1, 0.15) is 43.0 Å². The van der Waals surface area contributed by atoms with Crippen LogP contribution in [0, 0.1) is 18.2 Å². The molecule has 2 bridgehead atoms. The molecule has 3 aliphatic heterocycles. The Morgan fingerprint density at radius 1 is 1.19 bits per heavy atom. The predicted octanol–water partition coefficient (Wildman–Crippen LogP) is 0.688. The number of halogens is 2. The molecule has 0 radical (unpaired) electrons. The summed E-state index contributed by atoms with van der Waals surface area (Å²) in [5.41, 5.74) is 8.85. The van der Waals surface area contributed by atoms with Crippen LogP contribution in [0.5, 0.6) is 0 Å². The van der Waals surface area contributed by atoms with Crippen LogP contribution in [0.1, 0.15) is 18.9 Å². The number of alkyl halides is 1. The second kappa shape index (κ2) is 12.1. The lowest BCUT2D eigenvalue weighted by Crippen LogP contribution is -2.44. The van der Waals surface area contributed by atoms with Crippen LogP contribution in [0.25, 0.3) is 22.2 Å². The molecule has 256 valence electrons. The van der Waals surface area contributed by atoms with Crippen molar-refractivity contribution in [3.63, 3.8) is 0 Å². The summed E-state index contributed by atoms with van der Waals surface area (Å²) in [5, 5.41) is -0.0629. The number of nitrogens with two attached hydrogens (primary N) is 2. The fraction of sp³-hybridized carbons (Fsp3) is 0.458. The number of terminal acetylenes is 1. The summed E-state index contributed by atoms with van der Waals surface area (Å²) >= 11 is 10.6. The first-order valence-electron chi connectivity index (χ1n) is 13.9. The lowest BCUT2D eigenvalue weighted by molar-refractivity contribution is -0.0845. The first-order chi connectivity index (χ1) is 22.7. The molecular weight excluding hydrogens is 722 g/mol. The van der Waals surface area contributed by atoms with Crippen LogP contribution >= 0.6 is 13.2 Å². The Kier molecular flexibility index (Phi) is 8.42. The van der Waals surface area contributed by atoms with E-state index < -0.39 is 86.7 Å². The highest BCUT2D eigenvalue weighted by atomic mass is 32.5. The van der Waals surface area contributed by atoms with Crippen molar-refractivity contribution in [1.29, 1.82) is 0 Å². The van der Waals surface area contributed by atoms with Crippen molar-refractivity contribution in [2.45, 2.75) is 49.0 Å². The second-order valence-electron chi connectivity index (χ2n) is 11.0. The van der Waals surface area contributed by atoms with Crippen molar-refractivity contribution in [2.75, 3.05) is 31.0 Å². The number of aromatic nitrogens is 7. The minimum atomic E-state index is -4.42. The van der Waals surface area contributed by atoms with E-state index in [9.17, 15) is 19.0 Å². The highest BCUT2D eigenvalue weighted by molar-refractivity contribution is 8.09. The number of aromatic amines is 1. The zero-order valence-corrected chi connectivity index (χ0v) is 27.6. The van der Waals surface area contributed by atoms with Gasteiger partial charge in [0.05, 0.1) is 24.9 Å². The summed E-state index contributed by atoms with van der Waals surface area (Å²) in [6.07, 6.45) is -0.159. The van der Waals surface area contributed by atoms with Gasteiger partial charge >= 0.3 is 6.72 Å². The maximum atomic E-state index is 16.0. The van der Waals surface area contributed by atoms with Gasteiger partial charge in [0.2, 0.25) is 12.4 Å². The third-order valence-corrected chi connectivity index (χ3v) is 11.2. The van der Waals surface area contributed by atoms with Crippen molar-refractivity contribution in [2.24, 2.45) is 0 Å². The molecule has 4 aromatic heterocycles. The number of ether oxygens (including phenoxy) is 3. The third kappa shape index (κ3) is 5.83. The number of H-pyrrole nitrogens is 1. The van der Waals surface area contributed by atoms with Gasteiger partial charge in [0.25, 0.3) is 5.56 Å². The van der Waals surface area contributed by atoms with Gasteiger partial charge < -0.3 is 49.1 Å². The maximum Gasteiger partial charge on any atom is 0.325 e. The average Bonchev–Trinajstić information content (AvgIpc) is 3.76. The Hall–Kier alpha value is -3.03. The molecule has 7 heterocycles. The molecule has 0 saturated carbocycles. The SMILES string of the molecule is C#C[C@@]12COP(O)(=S)O[C@@H]3[C@H](F)[C@@H](COCP(O)(=S)O[C@H]1C[C@H](n1cc(F)c4c(N)ncnc41)O2)O[C@H]3n1cnc2c(=O)[nH]c(N)nc21. The summed E-state index contributed by atoms with van der Waals surface area (Å²) < 4.78 is 68.4. The monoisotopic (exact) mass is 747 g/mol. The molecule has 0 aliphatic carbocycles. The largest absolute Gasteiger partial charge is 0.383 e. The Labute approximate surface area is 278 Å². The van der Waals surface area contributed by atoms with Crippen LogP contribution in [0.3, 0.4) is 0 Å². The van der Waals surface area contributed by atoms with E-state index >= 15 is 4.39 Å². The lowest BCUT2D eigenvalue weighted by Gasteiger charge is -2.33. The van der Waals surface area contributed by atoms with Gasteiger partial charge in [-0.2, -0.15) is 4.98 Å². The van der Waals surface area contributed by atoms with Crippen LogP contribution in [-0.4, -0.2) is 93.5 Å². The number of nitrogens with one attached hydrogen (secondary N) is 1. The topological polar surface area (TPSA) is 242 Å². The zero-order valence-electron chi connectivity index (χ0n) is 24.2. The van der Waals surface area contributed by atoms with Crippen molar-refractivity contribution in [3.8, 4) is 12.3 Å². The number of hydrogen-bond donors (Lipinski definition) is 5. The number of nitrogens with zero attached hydrogens (tertiary/aromatic N) is 6. The Bertz CT molecular complexity index is 2130. The highest BCUT2D eigenvalue weighted by Crippen LogP contribution is 2.55. The summed E-state index contributed by atoms with van der Waals surface area (Å²) in [4.78, 5) is 53.1. The first kappa shape index (κ1) is 33.5. The molecule has 2 unspecified atom stereocenters. The number of hydrogen-bond acceptors (Lipinski definition) is 15. The van der Waals surface area contributed by atoms with E-state index in [-0.39, 0.29) is 40.4 Å². The molecule has 0 amide bonds. The van der Waals surface area contributed by atoms with Crippen LogP contribution < -0.4 is 17.0 Å². The first-order valence-corrected chi connectivity index (χ1v) is 19.3. The summed E-state index contributed by atoms with van der Waals surface area (Å²) in [6, 6.07) is 0. The van der Waals surface area contributed by atoms with Crippen LogP contribution in [0.15, 0.2) is 23.6 Å². The quantitative estimate of drug-likeness (QED) is 0.140. The van der Waals surface area contributed by atoms with Crippen molar-refractivity contribution < 1.29 is 46.3 Å². The normalized spacial score (nSPS) is 36.1. The summed E-state index contributed by atoms with van der Waals surface area (Å²) in [6.45, 7) is -9.47. The van der Waals surface area contributed by atoms with Gasteiger partial charge in [-0.05, 0) is 23.6 Å². The van der Waals surface area contributed by atoms with E-state index in [1.54, 1.807) is 0 Å². The van der Waals surface area contributed by atoms with Crippen molar-refractivity contribution in [1.82, 2.24) is 34.1 Å². The smallest absolute Gasteiger partial charge is 0.325 e. The second-order valence-corrected chi connectivity index (χ2v) is 17.3. The van der Waals surface area contributed by atoms with Gasteiger partial charge in [-0.15, -0.1) is 6.42 Å². The van der Waals surface area contributed by atoms with E-state index in [0.29, 0.717) is 0 Å². The summed E-state index contributed by atoms with van der Waals surface area (Å²) in [7, 11) is 0. The Morgan fingerprint density at radius 3 is 2.75 bits per heavy atom. The van der Waals surface area contributed by atoms with Gasteiger partial charge in [0.15, 0.2) is 40.6 Å². The van der Waals surface area contributed by atoms with Gasteiger partial charge in [-0.25, -0.2) is 23.7 Å². The summed E-state index contributed by atoms with van der Waals surface area (Å²) in [5.74, 6) is 1.33. The number of nitrogen functional groups attached to an aromatic ring is 2.